The molecule has 0 radical (unpaired) electrons. The highest BCUT2D eigenvalue weighted by Crippen LogP contribution is 2.27. The topological polar surface area (TPSA) is 67.9 Å². The van der Waals surface area contributed by atoms with E-state index in [9.17, 15) is 14.0 Å². The van der Waals surface area contributed by atoms with Crippen molar-refractivity contribution in [2.75, 3.05) is 32.6 Å². The third-order valence-corrected chi connectivity index (χ3v) is 4.86. The minimum absolute atomic E-state index is 0.124. The summed E-state index contributed by atoms with van der Waals surface area (Å²) in [6.07, 6.45) is 0. The van der Waals surface area contributed by atoms with Crippen molar-refractivity contribution >= 4 is 28.2 Å². The monoisotopic (exact) mass is 394 g/mol. The van der Waals surface area contributed by atoms with Gasteiger partial charge in [0, 0.05) is 6.54 Å². The molecule has 0 spiro atoms. The summed E-state index contributed by atoms with van der Waals surface area (Å²) >= 11 is 1.18. The first-order valence-electron chi connectivity index (χ1n) is 8.42. The average molecular weight is 394 g/mol. The van der Waals surface area contributed by atoms with Crippen LogP contribution >= 0.6 is 11.3 Å². The zero-order valence-corrected chi connectivity index (χ0v) is 16.6. The second-order valence-electron chi connectivity index (χ2n) is 6.03. The van der Waals surface area contributed by atoms with E-state index in [1.54, 1.807) is 44.0 Å². The number of nitrogens with zero attached hydrogens (tertiary/aromatic N) is 1. The number of anilines is 1. The van der Waals surface area contributed by atoms with Crippen LogP contribution in [0, 0.1) is 12.7 Å². The number of amides is 1. The number of carbonyl (C=O) groups is 2. The predicted octanol–water partition coefficient (Wildman–Crippen LogP) is 3.45. The van der Waals surface area contributed by atoms with Crippen LogP contribution in [0.1, 0.15) is 27.7 Å². The number of hydrogen-bond acceptors (Lipinski definition) is 6. The number of rotatable bonds is 8. The number of benzene rings is 1. The van der Waals surface area contributed by atoms with E-state index >= 15 is 0 Å². The van der Waals surface area contributed by atoms with Crippen LogP contribution in [0.15, 0.2) is 24.3 Å². The van der Waals surface area contributed by atoms with Crippen LogP contribution in [0.25, 0.3) is 0 Å². The molecule has 0 aliphatic heterocycles. The third kappa shape index (κ3) is 5.77. The Bertz CT molecular complexity index is 822. The standard InChI is InChI=1S/C19H23FN2O4S/c1-5-26-19(24)18-12(2)8-17(27-18)21-16(23)11-22(3)10-13-6-7-15(25-4)14(20)9-13/h6-9H,5,10-11H2,1-4H3,(H,21,23). The smallest absolute Gasteiger partial charge is 0.348 e. The van der Waals surface area contributed by atoms with Gasteiger partial charge in [0.2, 0.25) is 5.91 Å². The summed E-state index contributed by atoms with van der Waals surface area (Å²) in [6.45, 7) is 4.37. The number of aryl methyl sites for hydroxylation is 1. The van der Waals surface area contributed by atoms with Gasteiger partial charge in [-0.05, 0) is 50.2 Å². The molecule has 0 aliphatic carbocycles. The summed E-state index contributed by atoms with van der Waals surface area (Å²) in [5, 5.41) is 3.37. The van der Waals surface area contributed by atoms with Gasteiger partial charge in [-0.2, -0.15) is 0 Å². The third-order valence-electron chi connectivity index (χ3n) is 3.72. The van der Waals surface area contributed by atoms with Crippen molar-refractivity contribution in [1.82, 2.24) is 4.90 Å². The Morgan fingerprint density at radius 1 is 1.30 bits per heavy atom. The quantitative estimate of drug-likeness (QED) is 0.695. The number of nitrogens with one attached hydrogen (secondary N) is 1. The van der Waals surface area contributed by atoms with E-state index < -0.39 is 5.82 Å². The molecule has 2 aromatic rings. The van der Waals surface area contributed by atoms with Gasteiger partial charge in [0.05, 0.1) is 25.3 Å². The van der Waals surface area contributed by atoms with Gasteiger partial charge in [-0.1, -0.05) is 6.07 Å². The lowest BCUT2D eigenvalue weighted by Gasteiger charge is -2.16. The summed E-state index contributed by atoms with van der Waals surface area (Å²) < 4.78 is 23.6. The maximum atomic E-state index is 13.8. The highest BCUT2D eigenvalue weighted by Gasteiger charge is 2.16. The van der Waals surface area contributed by atoms with Gasteiger partial charge >= 0.3 is 5.97 Å². The van der Waals surface area contributed by atoms with Gasteiger partial charge in [-0.25, -0.2) is 9.18 Å². The number of hydrogen-bond donors (Lipinski definition) is 1. The normalized spacial score (nSPS) is 10.7. The lowest BCUT2D eigenvalue weighted by atomic mass is 10.2. The molecule has 0 saturated heterocycles. The van der Waals surface area contributed by atoms with Crippen LogP contribution in [0.4, 0.5) is 9.39 Å². The molecule has 27 heavy (non-hydrogen) atoms. The van der Waals surface area contributed by atoms with Crippen LogP contribution in [0.5, 0.6) is 5.75 Å². The average Bonchev–Trinajstić information content (AvgIpc) is 2.95. The number of ether oxygens (including phenoxy) is 2. The molecule has 0 atom stereocenters. The molecule has 1 heterocycles. The molecule has 1 amide bonds. The van der Waals surface area contributed by atoms with Crippen LogP contribution < -0.4 is 10.1 Å². The lowest BCUT2D eigenvalue weighted by Crippen LogP contribution is -2.29. The molecule has 1 N–H and O–H groups in total. The second-order valence-corrected chi connectivity index (χ2v) is 7.08. The van der Waals surface area contributed by atoms with E-state index in [0.29, 0.717) is 23.0 Å². The predicted molar refractivity (Wildman–Crippen MR) is 103 cm³/mol. The van der Waals surface area contributed by atoms with Crippen LogP contribution in [0.3, 0.4) is 0 Å². The fourth-order valence-corrected chi connectivity index (χ4v) is 3.52. The Hall–Kier alpha value is -2.45. The first-order chi connectivity index (χ1) is 12.8. The molecule has 146 valence electrons. The molecular weight excluding hydrogens is 371 g/mol. The Labute approximate surface area is 161 Å². The van der Waals surface area contributed by atoms with Crippen molar-refractivity contribution in [2.45, 2.75) is 20.4 Å². The van der Waals surface area contributed by atoms with Gasteiger partial charge in [0.1, 0.15) is 4.88 Å². The fourth-order valence-electron chi connectivity index (χ4n) is 2.54. The van der Waals surface area contributed by atoms with E-state index in [-0.39, 0.29) is 24.2 Å². The molecule has 0 fully saturated rings. The van der Waals surface area contributed by atoms with Crippen molar-refractivity contribution in [3.05, 3.63) is 46.1 Å². The fraction of sp³-hybridized carbons (Fsp3) is 0.368. The number of thiophene rings is 1. The second kappa shape index (κ2) is 9.48. The maximum absolute atomic E-state index is 13.8. The van der Waals surface area contributed by atoms with E-state index in [4.69, 9.17) is 9.47 Å². The lowest BCUT2D eigenvalue weighted by molar-refractivity contribution is -0.117. The van der Waals surface area contributed by atoms with E-state index in [0.717, 1.165) is 11.1 Å². The number of likely N-dealkylation sites (N-methyl/N-ethyl adjacent to an activating group) is 1. The minimum atomic E-state index is -0.437. The SMILES string of the molecule is CCOC(=O)c1sc(NC(=O)CN(C)Cc2ccc(OC)c(F)c2)cc1C. The van der Waals surface area contributed by atoms with E-state index in [2.05, 4.69) is 5.32 Å². The maximum Gasteiger partial charge on any atom is 0.348 e. The molecule has 0 aliphatic rings. The van der Waals surface area contributed by atoms with Crippen molar-refractivity contribution < 1.29 is 23.5 Å². The van der Waals surface area contributed by atoms with Crippen LogP contribution in [-0.4, -0.2) is 44.1 Å². The first-order valence-corrected chi connectivity index (χ1v) is 9.24. The summed E-state index contributed by atoms with van der Waals surface area (Å²) in [7, 11) is 3.18. The summed E-state index contributed by atoms with van der Waals surface area (Å²) in [5.41, 5.74) is 1.50. The summed E-state index contributed by atoms with van der Waals surface area (Å²) in [5.74, 6) is -0.861. The number of methoxy groups -OCH3 is 1. The zero-order chi connectivity index (χ0) is 20.0. The van der Waals surface area contributed by atoms with Gasteiger partial charge in [-0.3, -0.25) is 9.69 Å². The zero-order valence-electron chi connectivity index (χ0n) is 15.8. The summed E-state index contributed by atoms with van der Waals surface area (Å²) in [6, 6.07) is 6.45. The molecule has 8 heteroatoms. The van der Waals surface area contributed by atoms with Gasteiger partial charge in [-0.15, -0.1) is 11.3 Å². The van der Waals surface area contributed by atoms with Gasteiger partial charge in [0.15, 0.2) is 11.6 Å². The molecule has 6 nitrogen and oxygen atoms in total. The molecule has 2 rings (SSSR count). The Morgan fingerprint density at radius 3 is 2.67 bits per heavy atom. The van der Waals surface area contributed by atoms with Crippen molar-refractivity contribution in [1.29, 1.82) is 0 Å². The highest BCUT2D eigenvalue weighted by molar-refractivity contribution is 7.18. The van der Waals surface area contributed by atoms with E-state index in [1.165, 1.54) is 24.5 Å². The van der Waals surface area contributed by atoms with Crippen molar-refractivity contribution in [2.24, 2.45) is 0 Å². The van der Waals surface area contributed by atoms with Gasteiger partial charge < -0.3 is 14.8 Å². The highest BCUT2D eigenvalue weighted by atomic mass is 32.1. The summed E-state index contributed by atoms with van der Waals surface area (Å²) in [4.78, 5) is 26.3. The Balaban J connectivity index is 1.92. The van der Waals surface area contributed by atoms with E-state index in [1.807, 2.05) is 0 Å². The van der Waals surface area contributed by atoms with Crippen molar-refractivity contribution in [3.63, 3.8) is 0 Å². The minimum Gasteiger partial charge on any atom is -0.494 e. The molecule has 1 aromatic heterocycles. The number of halogens is 1. The Morgan fingerprint density at radius 2 is 2.04 bits per heavy atom. The molecule has 0 saturated carbocycles. The molecule has 0 bridgehead atoms. The van der Waals surface area contributed by atoms with Crippen LogP contribution in [-0.2, 0) is 16.1 Å². The Kier molecular flexibility index (Phi) is 7.32. The number of esters is 1. The number of carbonyl (C=O) groups excluding carboxylic acids is 2. The first kappa shape index (κ1) is 20.9. The van der Waals surface area contributed by atoms with Gasteiger partial charge in [0.25, 0.3) is 0 Å². The molecule has 1 aromatic carbocycles. The van der Waals surface area contributed by atoms with Crippen LogP contribution in [0.2, 0.25) is 0 Å². The molecule has 0 unspecified atom stereocenters. The molecular formula is C19H23FN2O4S. The van der Waals surface area contributed by atoms with Crippen molar-refractivity contribution in [3.8, 4) is 5.75 Å². The largest absolute Gasteiger partial charge is 0.494 e.